The molecular weight excluding hydrogens is 332 g/mol. The summed E-state index contributed by atoms with van der Waals surface area (Å²) < 4.78 is 12.4. The number of aliphatic hydroxyl groups excluding tert-OH is 1. The van der Waals surface area contributed by atoms with Gasteiger partial charge in [-0.2, -0.15) is 5.10 Å². The van der Waals surface area contributed by atoms with E-state index in [0.717, 1.165) is 16.7 Å². The molecule has 0 spiro atoms. The van der Waals surface area contributed by atoms with Gasteiger partial charge in [-0.15, -0.1) is 0 Å². The molecule has 2 N–H and O–H groups in total. The van der Waals surface area contributed by atoms with Crippen LogP contribution in [0.1, 0.15) is 0 Å². The summed E-state index contributed by atoms with van der Waals surface area (Å²) in [6.07, 6.45) is 0. The number of aromatic amines is 1. The van der Waals surface area contributed by atoms with Crippen molar-refractivity contribution in [2.24, 2.45) is 0 Å². The lowest BCUT2D eigenvalue weighted by molar-refractivity contribution is 0.321. The monoisotopic (exact) mass is 346 g/mol. The van der Waals surface area contributed by atoms with E-state index < -0.39 is 10.8 Å². The highest BCUT2D eigenvalue weighted by Gasteiger charge is 2.20. The normalized spacial score (nSPS) is 12.3. The van der Waals surface area contributed by atoms with Gasteiger partial charge in [0.05, 0.1) is 23.2 Å². The lowest BCUT2D eigenvalue weighted by Crippen LogP contribution is -2.04. The van der Waals surface area contributed by atoms with Gasteiger partial charge >= 0.3 is 0 Å². The third kappa shape index (κ3) is 3.37. The van der Waals surface area contributed by atoms with Crippen molar-refractivity contribution in [3.8, 4) is 22.4 Å². The molecule has 0 amide bonds. The number of halogens is 1. The van der Waals surface area contributed by atoms with Gasteiger partial charge in [-0.3, -0.25) is 9.31 Å². The average molecular weight is 347 g/mol. The zero-order valence-electron chi connectivity index (χ0n) is 12.2. The molecule has 3 rings (SSSR count). The van der Waals surface area contributed by atoms with Crippen LogP contribution in [-0.2, 0) is 10.8 Å². The van der Waals surface area contributed by atoms with Crippen LogP contribution in [0.25, 0.3) is 22.4 Å². The number of aromatic nitrogens is 2. The highest BCUT2D eigenvalue weighted by molar-refractivity contribution is 7.85. The number of nitrogens with one attached hydrogen (secondary N) is 1. The first-order chi connectivity index (χ1) is 11.2. The number of benzene rings is 2. The Hall–Kier alpha value is -1.95. The Bertz CT molecular complexity index is 834. The fourth-order valence-electron chi connectivity index (χ4n) is 2.39. The van der Waals surface area contributed by atoms with Crippen LogP contribution in [0.4, 0.5) is 0 Å². The number of hydrogen-bond donors (Lipinski definition) is 2. The summed E-state index contributed by atoms with van der Waals surface area (Å²) in [6.45, 7) is -0.152. The minimum absolute atomic E-state index is 0.152. The van der Waals surface area contributed by atoms with Gasteiger partial charge in [0.25, 0.3) is 0 Å². The predicted molar refractivity (Wildman–Crippen MR) is 92.8 cm³/mol. The van der Waals surface area contributed by atoms with Crippen LogP contribution < -0.4 is 0 Å². The lowest BCUT2D eigenvalue weighted by Gasteiger charge is -2.07. The summed E-state index contributed by atoms with van der Waals surface area (Å²) in [5.41, 5.74) is 3.23. The molecular formula is C17H15ClN2O2S. The molecule has 1 heterocycles. The van der Waals surface area contributed by atoms with E-state index in [2.05, 4.69) is 10.2 Å². The first kappa shape index (κ1) is 15.9. The molecule has 0 fully saturated rings. The summed E-state index contributed by atoms with van der Waals surface area (Å²) in [4.78, 5) is 0. The smallest absolute Gasteiger partial charge is 0.130 e. The largest absolute Gasteiger partial charge is 0.395 e. The number of nitrogens with zero attached hydrogens (tertiary/aromatic N) is 1. The fraction of sp³-hybridized carbons (Fsp3) is 0.118. The Balaban J connectivity index is 2.20. The molecule has 1 atom stereocenters. The van der Waals surface area contributed by atoms with E-state index in [9.17, 15) is 4.21 Å². The van der Waals surface area contributed by atoms with E-state index in [1.54, 1.807) is 6.07 Å². The minimum atomic E-state index is -1.37. The zero-order chi connectivity index (χ0) is 16.2. The molecule has 0 aliphatic heterocycles. The topological polar surface area (TPSA) is 66.0 Å². The molecule has 3 aromatic rings. The number of aliphatic hydroxyl groups is 1. The molecule has 1 unspecified atom stereocenters. The SMILES string of the molecule is O=S(CCO)c1[nH]nc(-c2ccccc2)c1-c1cccc(Cl)c1. The summed E-state index contributed by atoms with van der Waals surface area (Å²) in [5.74, 6) is 0.157. The van der Waals surface area contributed by atoms with Crippen LogP contribution in [0.2, 0.25) is 5.02 Å². The van der Waals surface area contributed by atoms with Crippen molar-refractivity contribution in [1.29, 1.82) is 0 Å². The van der Waals surface area contributed by atoms with Gasteiger partial charge in [-0.05, 0) is 17.7 Å². The van der Waals surface area contributed by atoms with Crippen molar-refractivity contribution in [1.82, 2.24) is 10.2 Å². The van der Waals surface area contributed by atoms with Crippen molar-refractivity contribution in [3.63, 3.8) is 0 Å². The Morgan fingerprint density at radius 3 is 2.52 bits per heavy atom. The molecule has 0 bridgehead atoms. The molecule has 118 valence electrons. The Labute approximate surface area is 141 Å². The van der Waals surface area contributed by atoms with E-state index in [1.807, 2.05) is 48.5 Å². The van der Waals surface area contributed by atoms with Crippen molar-refractivity contribution in [2.45, 2.75) is 5.03 Å². The maximum absolute atomic E-state index is 12.4. The molecule has 0 saturated carbocycles. The van der Waals surface area contributed by atoms with Gasteiger partial charge in [-0.1, -0.05) is 54.1 Å². The van der Waals surface area contributed by atoms with E-state index in [4.69, 9.17) is 16.7 Å². The van der Waals surface area contributed by atoms with Gasteiger partial charge in [0.15, 0.2) is 0 Å². The van der Waals surface area contributed by atoms with Crippen LogP contribution in [0.3, 0.4) is 0 Å². The quantitative estimate of drug-likeness (QED) is 0.743. The zero-order valence-corrected chi connectivity index (χ0v) is 13.8. The second kappa shape index (κ2) is 7.08. The highest BCUT2D eigenvalue weighted by Crippen LogP contribution is 2.35. The summed E-state index contributed by atoms with van der Waals surface area (Å²) in [5, 5.41) is 17.4. The molecule has 2 aromatic carbocycles. The van der Waals surface area contributed by atoms with Crippen LogP contribution in [0.5, 0.6) is 0 Å². The summed E-state index contributed by atoms with van der Waals surface area (Å²) in [7, 11) is -1.37. The molecule has 4 nitrogen and oxygen atoms in total. The Kier molecular flexibility index (Phi) is 4.91. The lowest BCUT2D eigenvalue weighted by atomic mass is 10.0. The minimum Gasteiger partial charge on any atom is -0.395 e. The van der Waals surface area contributed by atoms with Crippen LogP contribution in [0, 0.1) is 0 Å². The number of rotatable bonds is 5. The average Bonchev–Trinajstić information content (AvgIpc) is 3.01. The van der Waals surface area contributed by atoms with Crippen molar-refractivity contribution >= 4 is 22.4 Å². The highest BCUT2D eigenvalue weighted by atomic mass is 35.5. The Morgan fingerprint density at radius 1 is 1.09 bits per heavy atom. The van der Waals surface area contributed by atoms with E-state index >= 15 is 0 Å². The molecule has 1 aromatic heterocycles. The van der Waals surface area contributed by atoms with Crippen molar-refractivity contribution in [2.75, 3.05) is 12.4 Å². The van der Waals surface area contributed by atoms with E-state index in [0.29, 0.717) is 15.7 Å². The van der Waals surface area contributed by atoms with Crippen LogP contribution >= 0.6 is 11.6 Å². The molecule has 6 heteroatoms. The van der Waals surface area contributed by atoms with Crippen molar-refractivity contribution in [3.05, 3.63) is 59.6 Å². The van der Waals surface area contributed by atoms with Gasteiger partial charge in [0.2, 0.25) is 0 Å². The van der Waals surface area contributed by atoms with Crippen LogP contribution in [-0.4, -0.2) is 31.9 Å². The first-order valence-electron chi connectivity index (χ1n) is 7.09. The molecule has 23 heavy (non-hydrogen) atoms. The number of hydrogen-bond acceptors (Lipinski definition) is 3. The number of H-pyrrole nitrogens is 1. The molecule has 0 saturated heterocycles. The second-order valence-corrected chi connectivity index (χ2v) is 6.87. The Morgan fingerprint density at radius 2 is 1.83 bits per heavy atom. The van der Waals surface area contributed by atoms with Gasteiger partial charge in [-0.25, -0.2) is 0 Å². The molecule has 0 radical (unpaired) electrons. The standard InChI is InChI=1S/C17H15ClN2O2S/c18-14-8-4-7-13(11-14)15-16(12-5-2-1-3-6-12)19-20-17(15)23(22)10-9-21/h1-8,11,21H,9-10H2,(H,19,20). The predicted octanol–water partition coefficient (Wildman–Crippen LogP) is 3.50. The third-order valence-electron chi connectivity index (χ3n) is 3.40. The molecule has 0 aliphatic rings. The van der Waals surface area contributed by atoms with Crippen molar-refractivity contribution < 1.29 is 9.32 Å². The van der Waals surface area contributed by atoms with Gasteiger partial charge in [0.1, 0.15) is 10.7 Å². The summed E-state index contributed by atoms with van der Waals surface area (Å²) >= 11 is 6.11. The van der Waals surface area contributed by atoms with Crippen LogP contribution in [0.15, 0.2) is 59.6 Å². The maximum Gasteiger partial charge on any atom is 0.130 e. The van der Waals surface area contributed by atoms with Gasteiger partial charge < -0.3 is 5.11 Å². The summed E-state index contributed by atoms with van der Waals surface area (Å²) in [6, 6.07) is 17.0. The maximum atomic E-state index is 12.4. The fourth-order valence-corrected chi connectivity index (χ4v) is 3.54. The van der Waals surface area contributed by atoms with E-state index in [-0.39, 0.29) is 12.4 Å². The third-order valence-corrected chi connectivity index (χ3v) is 4.94. The van der Waals surface area contributed by atoms with Gasteiger partial charge in [0, 0.05) is 16.1 Å². The second-order valence-electron chi connectivity index (χ2n) is 4.93. The molecule has 0 aliphatic carbocycles. The van der Waals surface area contributed by atoms with E-state index in [1.165, 1.54) is 0 Å². The first-order valence-corrected chi connectivity index (χ1v) is 8.79.